The van der Waals surface area contributed by atoms with Crippen LogP contribution in [0.25, 0.3) is 55.0 Å². The Labute approximate surface area is 306 Å². The van der Waals surface area contributed by atoms with Gasteiger partial charge in [-0.2, -0.15) is 0 Å². The number of furan rings is 1. The number of para-hydroxylation sites is 3. The topological polar surface area (TPSA) is 16.4 Å². The Morgan fingerprint density at radius 3 is 1.85 bits per heavy atom. The van der Waals surface area contributed by atoms with E-state index in [-0.39, 0.29) is 16.2 Å². The molecule has 0 saturated heterocycles. The molecule has 0 N–H and O–H groups in total. The van der Waals surface area contributed by atoms with Gasteiger partial charge in [0.2, 0.25) is 0 Å². The number of anilines is 3. The van der Waals surface area contributed by atoms with Crippen molar-refractivity contribution in [3.8, 4) is 22.3 Å². The lowest BCUT2D eigenvalue weighted by Gasteiger charge is -2.39. The Morgan fingerprint density at radius 2 is 1.12 bits per heavy atom. The van der Waals surface area contributed by atoms with Crippen molar-refractivity contribution in [1.82, 2.24) is 0 Å². The summed E-state index contributed by atoms with van der Waals surface area (Å²) in [7, 11) is 0. The molecule has 0 spiro atoms. The van der Waals surface area contributed by atoms with Gasteiger partial charge >= 0.3 is 0 Å². The maximum Gasteiger partial charge on any atom is 0.159 e. The zero-order chi connectivity index (χ0) is 35.7. The van der Waals surface area contributed by atoms with E-state index in [1.807, 2.05) is 0 Å². The van der Waals surface area contributed by atoms with Crippen LogP contribution in [-0.2, 0) is 16.2 Å². The highest BCUT2D eigenvalue weighted by Gasteiger charge is 2.44. The molecular weight excluding hydrogens is 631 g/mol. The number of hydrogen-bond acceptors (Lipinski definition) is 2. The van der Waals surface area contributed by atoms with Crippen molar-refractivity contribution in [2.75, 3.05) is 4.90 Å². The van der Waals surface area contributed by atoms with Gasteiger partial charge in [-0.05, 0) is 91.0 Å². The van der Waals surface area contributed by atoms with E-state index >= 15 is 0 Å². The molecule has 10 rings (SSSR count). The molecule has 2 nitrogen and oxygen atoms in total. The standard InChI is InChI=1S/C50H43NO/c1-48(2,3)40-23-13-20-37-38-21-14-24-42(47(38)52-46(37)40)51(31-17-9-8-10-18-31)32-25-26-33-35-27-28-36-34-19-11-15-30-16-12-22-39(43(30)34)49(4,5)45(36)44(35)50(6,7)41(33)29-32/h8-29H,1-7H3. The van der Waals surface area contributed by atoms with Gasteiger partial charge in [-0.15, -0.1) is 0 Å². The lowest BCUT2D eigenvalue weighted by atomic mass is 9.63. The molecule has 0 saturated carbocycles. The van der Waals surface area contributed by atoms with E-state index in [1.165, 1.54) is 60.8 Å². The summed E-state index contributed by atoms with van der Waals surface area (Å²) in [5, 5.41) is 5.01. The average molecular weight is 674 g/mol. The number of rotatable bonds is 3. The summed E-state index contributed by atoms with van der Waals surface area (Å²) in [5.74, 6) is 0. The van der Waals surface area contributed by atoms with Crippen molar-refractivity contribution < 1.29 is 4.42 Å². The van der Waals surface area contributed by atoms with Crippen molar-refractivity contribution in [2.45, 2.75) is 64.7 Å². The molecule has 0 fully saturated rings. The van der Waals surface area contributed by atoms with E-state index in [2.05, 4.69) is 187 Å². The monoisotopic (exact) mass is 673 g/mol. The molecule has 0 unspecified atom stereocenters. The summed E-state index contributed by atoms with van der Waals surface area (Å²) < 4.78 is 6.95. The van der Waals surface area contributed by atoms with Crippen LogP contribution in [0.2, 0.25) is 0 Å². The van der Waals surface area contributed by atoms with Gasteiger partial charge in [0.25, 0.3) is 0 Å². The Hall–Kier alpha value is -5.60. The van der Waals surface area contributed by atoms with Crippen LogP contribution in [0.5, 0.6) is 0 Å². The Kier molecular flexibility index (Phi) is 6.28. The third-order valence-electron chi connectivity index (χ3n) is 12.1. The molecule has 2 aliphatic carbocycles. The van der Waals surface area contributed by atoms with E-state index in [0.29, 0.717) is 0 Å². The van der Waals surface area contributed by atoms with Crippen LogP contribution in [-0.4, -0.2) is 0 Å². The fourth-order valence-corrected chi connectivity index (χ4v) is 9.71. The molecule has 2 aliphatic rings. The summed E-state index contributed by atoms with van der Waals surface area (Å²) in [5.41, 5.74) is 17.0. The van der Waals surface area contributed by atoms with Crippen LogP contribution in [0.15, 0.2) is 138 Å². The smallest absolute Gasteiger partial charge is 0.159 e. The van der Waals surface area contributed by atoms with Crippen molar-refractivity contribution >= 4 is 49.8 Å². The van der Waals surface area contributed by atoms with E-state index in [9.17, 15) is 0 Å². The zero-order valence-electron chi connectivity index (χ0n) is 31.1. The van der Waals surface area contributed by atoms with Gasteiger partial charge in [-0.3, -0.25) is 0 Å². The first kappa shape index (κ1) is 31.2. The highest BCUT2D eigenvalue weighted by molar-refractivity contribution is 6.11. The van der Waals surface area contributed by atoms with E-state index in [1.54, 1.807) is 0 Å². The summed E-state index contributed by atoms with van der Waals surface area (Å²) in [4.78, 5) is 2.39. The second-order valence-corrected chi connectivity index (χ2v) is 17.0. The normalized spacial score (nSPS) is 15.1. The molecule has 0 aliphatic heterocycles. The Balaban J connectivity index is 1.19. The summed E-state index contributed by atoms with van der Waals surface area (Å²) >= 11 is 0. The molecular formula is C50H43NO. The van der Waals surface area contributed by atoms with Crippen molar-refractivity contribution in [3.05, 3.63) is 161 Å². The van der Waals surface area contributed by atoms with Gasteiger partial charge < -0.3 is 9.32 Å². The molecule has 1 heterocycles. The third-order valence-corrected chi connectivity index (χ3v) is 12.1. The third kappa shape index (κ3) is 4.12. The van der Waals surface area contributed by atoms with Crippen molar-refractivity contribution in [1.29, 1.82) is 0 Å². The largest absolute Gasteiger partial charge is 0.454 e. The molecule has 7 aromatic carbocycles. The van der Waals surface area contributed by atoms with E-state index < -0.39 is 0 Å². The van der Waals surface area contributed by atoms with Crippen LogP contribution >= 0.6 is 0 Å². The SMILES string of the molecule is CC(C)(C)c1cccc2c1oc1c(N(c3ccccc3)c3ccc4c(c3)C(C)(C)c3c-4ccc4c3C(C)(C)c3cccc5cccc-4c35)cccc12. The van der Waals surface area contributed by atoms with Crippen LogP contribution in [0.3, 0.4) is 0 Å². The number of nitrogens with zero attached hydrogens (tertiary/aromatic N) is 1. The minimum absolute atomic E-state index is 0.0460. The van der Waals surface area contributed by atoms with Gasteiger partial charge in [0.05, 0.1) is 5.69 Å². The van der Waals surface area contributed by atoms with Gasteiger partial charge in [-0.25, -0.2) is 0 Å². The number of hydrogen-bond donors (Lipinski definition) is 0. The summed E-state index contributed by atoms with van der Waals surface area (Å²) in [6, 6.07) is 49.4. The number of benzene rings is 7. The second-order valence-electron chi connectivity index (χ2n) is 17.0. The molecule has 52 heavy (non-hydrogen) atoms. The predicted molar refractivity (Wildman–Crippen MR) is 220 cm³/mol. The summed E-state index contributed by atoms with van der Waals surface area (Å²) in [6.07, 6.45) is 0. The summed E-state index contributed by atoms with van der Waals surface area (Å²) in [6.45, 7) is 16.5. The molecule has 0 atom stereocenters. The molecule has 0 radical (unpaired) electrons. The molecule has 8 aromatic rings. The van der Waals surface area contributed by atoms with Crippen LogP contribution in [0.1, 0.15) is 76.3 Å². The fourth-order valence-electron chi connectivity index (χ4n) is 9.71. The lowest BCUT2D eigenvalue weighted by Crippen LogP contribution is -2.29. The highest BCUT2D eigenvalue weighted by atomic mass is 16.3. The minimum Gasteiger partial charge on any atom is -0.454 e. The first-order valence-corrected chi connectivity index (χ1v) is 18.6. The van der Waals surface area contributed by atoms with Crippen LogP contribution in [0.4, 0.5) is 17.1 Å². The minimum atomic E-state index is -0.223. The predicted octanol–water partition coefficient (Wildman–Crippen LogP) is 14.1. The average Bonchev–Trinajstić information content (AvgIpc) is 3.63. The highest BCUT2D eigenvalue weighted by Crippen LogP contribution is 2.59. The van der Waals surface area contributed by atoms with Gasteiger partial charge in [-0.1, -0.05) is 152 Å². The zero-order valence-corrected chi connectivity index (χ0v) is 31.1. The van der Waals surface area contributed by atoms with Crippen molar-refractivity contribution in [3.63, 3.8) is 0 Å². The lowest BCUT2D eigenvalue weighted by molar-refractivity contribution is 0.573. The maximum absolute atomic E-state index is 6.95. The van der Waals surface area contributed by atoms with Gasteiger partial charge in [0.1, 0.15) is 5.58 Å². The Morgan fingerprint density at radius 1 is 0.500 bits per heavy atom. The quantitative estimate of drug-likeness (QED) is 0.186. The first-order chi connectivity index (χ1) is 25.0. The molecule has 1 aromatic heterocycles. The molecule has 0 bridgehead atoms. The number of fused-ring (bicyclic) bond motifs is 9. The molecule has 2 heteroatoms. The molecule has 254 valence electrons. The second kappa shape index (κ2) is 10.5. The van der Waals surface area contributed by atoms with E-state index in [4.69, 9.17) is 4.42 Å². The van der Waals surface area contributed by atoms with Gasteiger partial charge in [0, 0.05) is 38.5 Å². The fraction of sp³-hybridized carbons (Fsp3) is 0.200. The maximum atomic E-state index is 6.95. The van der Waals surface area contributed by atoms with E-state index in [0.717, 1.165) is 39.0 Å². The van der Waals surface area contributed by atoms with Gasteiger partial charge in [0.15, 0.2) is 5.58 Å². The molecule has 0 amide bonds. The van der Waals surface area contributed by atoms with Crippen LogP contribution in [0, 0.1) is 0 Å². The Bertz CT molecular complexity index is 2770. The van der Waals surface area contributed by atoms with Crippen LogP contribution < -0.4 is 4.90 Å². The van der Waals surface area contributed by atoms with Crippen molar-refractivity contribution in [2.24, 2.45) is 0 Å². The first-order valence-electron chi connectivity index (χ1n) is 18.6.